The van der Waals surface area contributed by atoms with Crippen LogP contribution >= 0.6 is 0 Å². The number of pyridine rings is 1. The minimum Gasteiger partial charge on any atom is -0.325 e. The molecule has 3 heterocycles. The summed E-state index contributed by atoms with van der Waals surface area (Å²) in [6.07, 6.45) is 3.59. The summed E-state index contributed by atoms with van der Waals surface area (Å²) in [6, 6.07) is 12.8. The van der Waals surface area contributed by atoms with E-state index < -0.39 is 0 Å². The van der Waals surface area contributed by atoms with Crippen molar-refractivity contribution in [3.05, 3.63) is 64.7 Å². The molecule has 4 rings (SSSR count). The fraction of sp³-hybridized carbons (Fsp3) is 0.278. The molecule has 7 nitrogen and oxygen atoms in total. The summed E-state index contributed by atoms with van der Waals surface area (Å²) in [5, 5.41) is 10.5. The van der Waals surface area contributed by atoms with Crippen molar-refractivity contribution < 1.29 is 4.79 Å². The summed E-state index contributed by atoms with van der Waals surface area (Å²) in [5.74, 6) is -0.0143. The Morgan fingerprint density at radius 1 is 1.28 bits per heavy atom. The third kappa shape index (κ3) is 3.18. The molecule has 7 heteroatoms. The molecule has 1 aliphatic rings. The number of nitrogens with one attached hydrogen (secondary N) is 2. The van der Waals surface area contributed by atoms with Crippen LogP contribution in [0.15, 0.2) is 53.5 Å². The second-order valence-electron chi connectivity index (χ2n) is 6.21. The van der Waals surface area contributed by atoms with Crippen molar-refractivity contribution in [1.82, 2.24) is 19.5 Å². The fourth-order valence-electron chi connectivity index (χ4n) is 3.13. The van der Waals surface area contributed by atoms with Crippen LogP contribution < -0.4 is 16.3 Å². The second-order valence-corrected chi connectivity index (χ2v) is 6.21. The van der Waals surface area contributed by atoms with Crippen LogP contribution in [0.25, 0.3) is 5.65 Å². The number of carbonyl (C=O) groups excluding carboxylic acids is 1. The number of amides is 1. The Bertz CT molecular complexity index is 969. The number of benzene rings is 1. The van der Waals surface area contributed by atoms with Crippen LogP contribution in [0, 0.1) is 0 Å². The summed E-state index contributed by atoms with van der Waals surface area (Å²) in [7, 11) is 0. The highest BCUT2D eigenvalue weighted by molar-refractivity contribution is 5.95. The van der Waals surface area contributed by atoms with Gasteiger partial charge in [0.15, 0.2) is 5.65 Å². The molecule has 2 N–H and O–H groups in total. The number of hydrogen-bond donors (Lipinski definition) is 2. The topological polar surface area (TPSA) is 80.4 Å². The molecule has 0 spiro atoms. The molecular formula is C18H19N5O2. The summed E-state index contributed by atoms with van der Waals surface area (Å²) >= 11 is 0. The Hall–Kier alpha value is -2.93. The quantitative estimate of drug-likeness (QED) is 0.750. The number of aromatic nitrogens is 3. The van der Waals surface area contributed by atoms with Gasteiger partial charge in [-0.15, -0.1) is 5.10 Å². The minimum absolute atomic E-state index is 0.0143. The lowest BCUT2D eigenvalue weighted by Crippen LogP contribution is -2.35. The third-order valence-corrected chi connectivity index (χ3v) is 4.39. The standard InChI is InChI=1S/C18H19N5O2/c24-17(15-7-4-9-19-15)20-14-6-3-5-13(11-14)12-23-18(25)22-10-2-1-8-16(22)21-23/h1-3,5-6,8,10-11,15,19H,4,7,9,12H2,(H,20,24). The Kier molecular flexibility index (Phi) is 4.07. The van der Waals surface area contributed by atoms with E-state index >= 15 is 0 Å². The zero-order chi connectivity index (χ0) is 17.2. The van der Waals surface area contributed by atoms with Crippen molar-refractivity contribution >= 4 is 17.2 Å². The molecule has 1 unspecified atom stereocenters. The number of rotatable bonds is 4. The highest BCUT2D eigenvalue weighted by Crippen LogP contribution is 2.14. The van der Waals surface area contributed by atoms with Crippen LogP contribution in [0.3, 0.4) is 0 Å². The molecule has 1 atom stereocenters. The van der Waals surface area contributed by atoms with Crippen molar-refractivity contribution in [3.63, 3.8) is 0 Å². The average Bonchev–Trinajstić information content (AvgIpc) is 3.25. The van der Waals surface area contributed by atoms with E-state index in [1.165, 1.54) is 9.08 Å². The molecular weight excluding hydrogens is 318 g/mol. The van der Waals surface area contributed by atoms with Gasteiger partial charge in [0, 0.05) is 11.9 Å². The largest absolute Gasteiger partial charge is 0.350 e. The highest BCUT2D eigenvalue weighted by Gasteiger charge is 2.21. The van der Waals surface area contributed by atoms with E-state index in [0.29, 0.717) is 12.2 Å². The Morgan fingerprint density at radius 3 is 3.00 bits per heavy atom. The number of anilines is 1. The molecule has 1 aliphatic heterocycles. The van der Waals surface area contributed by atoms with Gasteiger partial charge in [-0.05, 0) is 49.2 Å². The molecule has 1 fully saturated rings. The van der Waals surface area contributed by atoms with Gasteiger partial charge in [-0.2, -0.15) is 0 Å². The Labute approximate surface area is 144 Å². The number of hydrogen-bond acceptors (Lipinski definition) is 4. The predicted octanol–water partition coefficient (Wildman–Crippen LogP) is 1.23. The van der Waals surface area contributed by atoms with Gasteiger partial charge in [-0.1, -0.05) is 18.2 Å². The van der Waals surface area contributed by atoms with E-state index in [4.69, 9.17) is 0 Å². The summed E-state index contributed by atoms with van der Waals surface area (Å²) in [4.78, 5) is 24.6. The second kappa shape index (κ2) is 6.52. The van der Waals surface area contributed by atoms with Gasteiger partial charge >= 0.3 is 5.69 Å². The van der Waals surface area contributed by atoms with Gasteiger partial charge in [0.25, 0.3) is 0 Å². The van der Waals surface area contributed by atoms with Crippen LogP contribution in [0.1, 0.15) is 18.4 Å². The Balaban J connectivity index is 1.53. The molecule has 1 saturated heterocycles. The van der Waals surface area contributed by atoms with Crippen molar-refractivity contribution in [2.75, 3.05) is 11.9 Å². The molecule has 0 aliphatic carbocycles. The van der Waals surface area contributed by atoms with Crippen molar-refractivity contribution in [1.29, 1.82) is 0 Å². The molecule has 0 bridgehead atoms. The zero-order valence-corrected chi connectivity index (χ0v) is 13.7. The molecule has 128 valence electrons. The number of fused-ring (bicyclic) bond motifs is 1. The van der Waals surface area contributed by atoms with Gasteiger partial charge < -0.3 is 10.6 Å². The van der Waals surface area contributed by atoms with E-state index in [0.717, 1.165) is 30.6 Å². The molecule has 2 aromatic heterocycles. The lowest BCUT2D eigenvalue weighted by atomic mass is 10.1. The lowest BCUT2D eigenvalue weighted by molar-refractivity contribution is -0.117. The summed E-state index contributed by atoms with van der Waals surface area (Å²) < 4.78 is 2.94. The first-order valence-corrected chi connectivity index (χ1v) is 8.38. The van der Waals surface area contributed by atoms with Gasteiger partial charge in [-0.3, -0.25) is 9.20 Å². The monoisotopic (exact) mass is 337 g/mol. The first-order chi connectivity index (χ1) is 12.2. The van der Waals surface area contributed by atoms with Crippen LogP contribution in [0.5, 0.6) is 0 Å². The smallest absolute Gasteiger partial charge is 0.325 e. The minimum atomic E-state index is -0.180. The fourth-order valence-corrected chi connectivity index (χ4v) is 3.13. The van der Waals surface area contributed by atoms with Gasteiger partial charge in [0.1, 0.15) is 0 Å². The van der Waals surface area contributed by atoms with E-state index in [1.54, 1.807) is 18.3 Å². The summed E-state index contributed by atoms with van der Waals surface area (Å²) in [5.41, 5.74) is 2.07. The van der Waals surface area contributed by atoms with Crippen molar-refractivity contribution in [2.24, 2.45) is 0 Å². The predicted molar refractivity (Wildman–Crippen MR) is 94.7 cm³/mol. The first-order valence-electron chi connectivity index (χ1n) is 8.38. The van der Waals surface area contributed by atoms with Crippen molar-refractivity contribution in [3.8, 4) is 0 Å². The maximum absolute atomic E-state index is 12.4. The molecule has 25 heavy (non-hydrogen) atoms. The van der Waals surface area contributed by atoms with Crippen LogP contribution in [-0.4, -0.2) is 32.7 Å². The van der Waals surface area contributed by atoms with E-state index in [2.05, 4.69) is 15.7 Å². The Morgan fingerprint density at radius 2 is 2.20 bits per heavy atom. The lowest BCUT2D eigenvalue weighted by Gasteiger charge is -2.12. The maximum Gasteiger partial charge on any atom is 0.350 e. The molecule has 0 saturated carbocycles. The first kappa shape index (κ1) is 15.6. The van der Waals surface area contributed by atoms with E-state index in [-0.39, 0.29) is 17.6 Å². The van der Waals surface area contributed by atoms with Crippen LogP contribution in [0.2, 0.25) is 0 Å². The maximum atomic E-state index is 12.4. The number of carbonyl (C=O) groups is 1. The van der Waals surface area contributed by atoms with E-state index in [9.17, 15) is 9.59 Å². The molecule has 1 aromatic carbocycles. The SMILES string of the molecule is O=C(Nc1cccc(Cn2nc3ccccn3c2=O)c1)C1CCCN1. The normalized spacial score (nSPS) is 17.0. The molecule has 3 aromatic rings. The third-order valence-electron chi connectivity index (χ3n) is 4.39. The van der Waals surface area contributed by atoms with Crippen LogP contribution in [-0.2, 0) is 11.3 Å². The van der Waals surface area contributed by atoms with Crippen LogP contribution in [0.4, 0.5) is 5.69 Å². The summed E-state index contributed by atoms with van der Waals surface area (Å²) in [6.45, 7) is 1.24. The number of nitrogens with zero attached hydrogens (tertiary/aromatic N) is 3. The zero-order valence-electron chi connectivity index (χ0n) is 13.7. The molecule has 0 radical (unpaired) electrons. The van der Waals surface area contributed by atoms with E-state index in [1.807, 2.05) is 30.3 Å². The molecule has 1 amide bonds. The van der Waals surface area contributed by atoms with Gasteiger partial charge in [0.2, 0.25) is 5.91 Å². The average molecular weight is 337 g/mol. The van der Waals surface area contributed by atoms with Gasteiger partial charge in [0.05, 0.1) is 12.6 Å². The van der Waals surface area contributed by atoms with Gasteiger partial charge in [-0.25, -0.2) is 9.48 Å². The highest BCUT2D eigenvalue weighted by atomic mass is 16.2. The van der Waals surface area contributed by atoms with Crippen molar-refractivity contribution in [2.45, 2.75) is 25.4 Å².